The molecule has 7 heteroatoms. The van der Waals surface area contributed by atoms with Crippen molar-refractivity contribution in [3.63, 3.8) is 0 Å². The minimum Gasteiger partial charge on any atom is -0.383 e. The molecule has 3 N–H and O–H groups in total. The smallest absolute Gasteiger partial charge is 0.279 e. The molecule has 0 spiro atoms. The fourth-order valence-corrected chi connectivity index (χ4v) is 1.82. The summed E-state index contributed by atoms with van der Waals surface area (Å²) in [5, 5.41) is 0. The molecule has 15 heavy (non-hydrogen) atoms. The van der Waals surface area contributed by atoms with Gasteiger partial charge in [-0.1, -0.05) is 0 Å². The van der Waals surface area contributed by atoms with E-state index < -0.39 is 15.7 Å². The first kappa shape index (κ1) is 14.8. The lowest BCUT2D eigenvalue weighted by Crippen LogP contribution is -2.49. The van der Waals surface area contributed by atoms with Gasteiger partial charge in [0.15, 0.2) is 0 Å². The molecule has 6 nitrogen and oxygen atoms in total. The Hall–Kier alpha value is -0.210. The van der Waals surface area contributed by atoms with Crippen LogP contribution in [0.3, 0.4) is 0 Å². The quantitative estimate of drug-likeness (QED) is 0.605. The lowest BCUT2D eigenvalue weighted by Gasteiger charge is -2.22. The summed E-state index contributed by atoms with van der Waals surface area (Å²) in [5.74, 6) is 0. The van der Waals surface area contributed by atoms with Gasteiger partial charge in [-0.2, -0.15) is 12.7 Å². The van der Waals surface area contributed by atoms with Gasteiger partial charge in [-0.25, -0.2) is 4.72 Å². The van der Waals surface area contributed by atoms with Gasteiger partial charge < -0.3 is 10.5 Å². The van der Waals surface area contributed by atoms with E-state index in [1.54, 1.807) is 13.8 Å². The van der Waals surface area contributed by atoms with E-state index in [2.05, 4.69) is 4.72 Å². The normalized spacial score (nSPS) is 13.5. The fourth-order valence-electron chi connectivity index (χ4n) is 0.727. The molecule has 0 heterocycles. The Labute approximate surface area is 92.0 Å². The zero-order valence-corrected chi connectivity index (χ0v) is 10.6. The lowest BCUT2D eigenvalue weighted by molar-refractivity contribution is 0.184. The standard InChI is InChI=1S/C8H21N3O3S/c1-8(2,9)7-10-15(12,13)11(3)5-6-14-4/h10H,5-7,9H2,1-4H3. The number of hydrogen-bond donors (Lipinski definition) is 2. The number of hydrogen-bond acceptors (Lipinski definition) is 4. The minimum atomic E-state index is -3.44. The molecule has 0 unspecified atom stereocenters. The van der Waals surface area contributed by atoms with Crippen molar-refractivity contribution < 1.29 is 13.2 Å². The Morgan fingerprint density at radius 2 is 2.00 bits per heavy atom. The summed E-state index contributed by atoms with van der Waals surface area (Å²) in [4.78, 5) is 0. The molecule has 0 saturated heterocycles. The number of ether oxygens (including phenoxy) is 1. The van der Waals surface area contributed by atoms with Gasteiger partial charge in [0.1, 0.15) is 0 Å². The maximum Gasteiger partial charge on any atom is 0.279 e. The van der Waals surface area contributed by atoms with E-state index in [1.165, 1.54) is 18.5 Å². The molecule has 92 valence electrons. The molecule has 0 fully saturated rings. The highest BCUT2D eigenvalue weighted by molar-refractivity contribution is 7.87. The monoisotopic (exact) mass is 239 g/mol. The summed E-state index contributed by atoms with van der Waals surface area (Å²) in [7, 11) is -0.427. The summed E-state index contributed by atoms with van der Waals surface area (Å²) >= 11 is 0. The summed E-state index contributed by atoms with van der Waals surface area (Å²) < 4.78 is 31.6. The number of methoxy groups -OCH3 is 1. The maximum atomic E-state index is 11.6. The number of rotatable bonds is 7. The highest BCUT2D eigenvalue weighted by Crippen LogP contribution is 1.98. The van der Waals surface area contributed by atoms with Crippen LogP contribution in [0.1, 0.15) is 13.8 Å². The number of nitrogens with two attached hydrogens (primary N) is 1. The van der Waals surface area contributed by atoms with Gasteiger partial charge >= 0.3 is 0 Å². The second kappa shape index (κ2) is 5.76. The first-order valence-electron chi connectivity index (χ1n) is 4.68. The van der Waals surface area contributed by atoms with Crippen LogP contribution in [-0.2, 0) is 14.9 Å². The molecule has 0 aromatic heterocycles. The zero-order valence-electron chi connectivity index (χ0n) is 9.78. The van der Waals surface area contributed by atoms with Crippen LogP contribution < -0.4 is 10.5 Å². The van der Waals surface area contributed by atoms with Crippen LogP contribution in [0, 0.1) is 0 Å². The van der Waals surface area contributed by atoms with Gasteiger partial charge in [-0.3, -0.25) is 0 Å². The molecular weight excluding hydrogens is 218 g/mol. The molecule has 0 rings (SSSR count). The number of likely N-dealkylation sites (N-methyl/N-ethyl adjacent to an activating group) is 1. The van der Waals surface area contributed by atoms with Crippen molar-refractivity contribution in [1.29, 1.82) is 0 Å². The molecule has 0 aliphatic rings. The SMILES string of the molecule is COCCN(C)S(=O)(=O)NCC(C)(C)N. The van der Waals surface area contributed by atoms with Gasteiger partial charge in [0.25, 0.3) is 10.2 Å². The van der Waals surface area contributed by atoms with Crippen LogP contribution in [0.4, 0.5) is 0 Å². The third-order valence-electron chi connectivity index (χ3n) is 1.73. The third kappa shape index (κ3) is 6.80. The van der Waals surface area contributed by atoms with Crippen LogP contribution in [-0.4, -0.2) is 52.1 Å². The highest BCUT2D eigenvalue weighted by atomic mass is 32.2. The predicted molar refractivity (Wildman–Crippen MR) is 59.7 cm³/mol. The molecular formula is C8H21N3O3S. The second-order valence-corrected chi connectivity index (χ2v) is 5.99. The number of nitrogens with one attached hydrogen (secondary N) is 1. The first-order valence-corrected chi connectivity index (χ1v) is 6.12. The van der Waals surface area contributed by atoms with Crippen LogP contribution in [0.15, 0.2) is 0 Å². The number of nitrogens with zero attached hydrogens (tertiary/aromatic N) is 1. The van der Waals surface area contributed by atoms with Crippen molar-refractivity contribution >= 4 is 10.2 Å². The topological polar surface area (TPSA) is 84.7 Å². The average Bonchev–Trinajstić information content (AvgIpc) is 2.10. The van der Waals surface area contributed by atoms with Crippen molar-refractivity contribution in [3.05, 3.63) is 0 Å². The van der Waals surface area contributed by atoms with E-state index >= 15 is 0 Å². The molecule has 0 atom stereocenters. The molecule has 0 aromatic carbocycles. The van der Waals surface area contributed by atoms with Gasteiger partial charge in [-0.15, -0.1) is 0 Å². The van der Waals surface area contributed by atoms with E-state index in [1.807, 2.05) is 0 Å². The molecule has 0 aromatic rings. The van der Waals surface area contributed by atoms with E-state index in [-0.39, 0.29) is 6.54 Å². The Balaban J connectivity index is 4.18. The van der Waals surface area contributed by atoms with E-state index in [9.17, 15) is 8.42 Å². The molecule has 0 saturated carbocycles. The van der Waals surface area contributed by atoms with Crippen LogP contribution in [0.25, 0.3) is 0 Å². The van der Waals surface area contributed by atoms with E-state index in [4.69, 9.17) is 10.5 Å². The molecule has 0 aliphatic carbocycles. The fraction of sp³-hybridized carbons (Fsp3) is 1.00. The van der Waals surface area contributed by atoms with Gasteiger partial charge in [-0.05, 0) is 13.8 Å². The Morgan fingerprint density at radius 3 is 2.40 bits per heavy atom. The van der Waals surface area contributed by atoms with Gasteiger partial charge in [0, 0.05) is 32.8 Å². The van der Waals surface area contributed by atoms with Crippen LogP contribution in [0.2, 0.25) is 0 Å². The van der Waals surface area contributed by atoms with Crippen molar-refractivity contribution in [3.8, 4) is 0 Å². The average molecular weight is 239 g/mol. The van der Waals surface area contributed by atoms with Gasteiger partial charge in [0.2, 0.25) is 0 Å². The lowest BCUT2D eigenvalue weighted by atomic mass is 10.1. The Bertz CT molecular complexity index is 271. The summed E-state index contributed by atoms with van der Waals surface area (Å²) in [6, 6.07) is 0. The first-order chi connectivity index (χ1) is 6.69. The van der Waals surface area contributed by atoms with E-state index in [0.29, 0.717) is 13.2 Å². The van der Waals surface area contributed by atoms with Crippen molar-refractivity contribution in [1.82, 2.24) is 9.03 Å². The van der Waals surface area contributed by atoms with Crippen LogP contribution in [0.5, 0.6) is 0 Å². The zero-order chi connectivity index (χ0) is 12.1. The molecule has 0 bridgehead atoms. The minimum absolute atomic E-state index is 0.201. The largest absolute Gasteiger partial charge is 0.383 e. The molecule has 0 amide bonds. The highest BCUT2D eigenvalue weighted by Gasteiger charge is 2.20. The Kier molecular flexibility index (Phi) is 5.68. The predicted octanol–water partition coefficient (Wildman–Crippen LogP) is -0.864. The van der Waals surface area contributed by atoms with Crippen molar-refractivity contribution in [2.75, 3.05) is 33.9 Å². The second-order valence-electron chi connectivity index (χ2n) is 4.13. The third-order valence-corrected chi connectivity index (χ3v) is 3.24. The van der Waals surface area contributed by atoms with Gasteiger partial charge in [0.05, 0.1) is 6.61 Å². The molecule has 0 radical (unpaired) electrons. The van der Waals surface area contributed by atoms with E-state index in [0.717, 1.165) is 0 Å². The maximum absolute atomic E-state index is 11.6. The molecule has 0 aliphatic heterocycles. The summed E-state index contributed by atoms with van der Waals surface area (Å²) in [6.07, 6.45) is 0. The van der Waals surface area contributed by atoms with Crippen molar-refractivity contribution in [2.45, 2.75) is 19.4 Å². The van der Waals surface area contributed by atoms with Crippen molar-refractivity contribution in [2.24, 2.45) is 5.73 Å². The summed E-state index contributed by atoms with van der Waals surface area (Å²) in [6.45, 7) is 4.39. The Morgan fingerprint density at radius 1 is 1.47 bits per heavy atom. The summed E-state index contributed by atoms with van der Waals surface area (Å²) in [5.41, 5.74) is 5.11. The van der Waals surface area contributed by atoms with Crippen LogP contribution >= 0.6 is 0 Å².